The quantitative estimate of drug-likeness (QED) is 0.742. The fourth-order valence-electron chi connectivity index (χ4n) is 3.05. The molecule has 0 N–H and O–H groups in total. The molecule has 1 fully saturated rings. The van der Waals surface area contributed by atoms with Crippen molar-refractivity contribution in [2.45, 2.75) is 38.8 Å². The Morgan fingerprint density at radius 3 is 2.79 bits per heavy atom. The summed E-state index contributed by atoms with van der Waals surface area (Å²) in [6.07, 6.45) is 2.29. The van der Waals surface area contributed by atoms with Gasteiger partial charge in [-0.3, -0.25) is 4.79 Å². The molecule has 0 aliphatic carbocycles. The van der Waals surface area contributed by atoms with E-state index in [-0.39, 0.29) is 11.4 Å². The van der Waals surface area contributed by atoms with Crippen LogP contribution in [0.25, 0.3) is 0 Å². The standard InChI is InChI=1S/C14H18ClN3O/c1-14(2)5-4-6-18(14)11-7-9-10(12(15)16-11)8-17(3)13(9)19/h7H,4-6,8H2,1-3H3. The Balaban J connectivity index is 2.07. The minimum Gasteiger partial charge on any atom is -0.351 e. The predicted octanol–water partition coefficient (Wildman–Crippen LogP) is 2.70. The molecule has 0 aromatic carbocycles. The molecule has 102 valence electrons. The number of anilines is 1. The van der Waals surface area contributed by atoms with E-state index in [2.05, 4.69) is 23.7 Å². The van der Waals surface area contributed by atoms with Gasteiger partial charge < -0.3 is 9.80 Å². The molecule has 1 saturated heterocycles. The van der Waals surface area contributed by atoms with Gasteiger partial charge in [0.2, 0.25) is 0 Å². The minimum absolute atomic E-state index is 0.0394. The highest BCUT2D eigenvalue weighted by molar-refractivity contribution is 6.31. The lowest BCUT2D eigenvalue weighted by Crippen LogP contribution is -2.38. The van der Waals surface area contributed by atoms with Gasteiger partial charge in [0, 0.05) is 31.2 Å². The average molecular weight is 280 g/mol. The van der Waals surface area contributed by atoms with Crippen molar-refractivity contribution in [3.8, 4) is 0 Å². The number of halogens is 1. The molecule has 2 aliphatic heterocycles. The Morgan fingerprint density at radius 1 is 1.42 bits per heavy atom. The van der Waals surface area contributed by atoms with Crippen LogP contribution in [0.15, 0.2) is 6.07 Å². The highest BCUT2D eigenvalue weighted by Gasteiger charge is 2.35. The monoisotopic (exact) mass is 279 g/mol. The predicted molar refractivity (Wildman–Crippen MR) is 75.7 cm³/mol. The minimum atomic E-state index is 0.0394. The van der Waals surface area contributed by atoms with Crippen LogP contribution in [0.4, 0.5) is 5.82 Å². The average Bonchev–Trinajstić information content (AvgIpc) is 2.82. The Hall–Kier alpha value is -1.29. The lowest BCUT2D eigenvalue weighted by Gasteiger charge is -2.33. The van der Waals surface area contributed by atoms with Gasteiger partial charge in [0.15, 0.2) is 0 Å². The third kappa shape index (κ3) is 1.89. The van der Waals surface area contributed by atoms with Crippen LogP contribution in [-0.2, 0) is 6.54 Å². The summed E-state index contributed by atoms with van der Waals surface area (Å²) >= 11 is 6.26. The largest absolute Gasteiger partial charge is 0.351 e. The van der Waals surface area contributed by atoms with Crippen LogP contribution in [0.2, 0.25) is 5.15 Å². The van der Waals surface area contributed by atoms with Crippen molar-refractivity contribution in [3.63, 3.8) is 0 Å². The summed E-state index contributed by atoms with van der Waals surface area (Å²) in [5.41, 5.74) is 1.65. The summed E-state index contributed by atoms with van der Waals surface area (Å²) in [5.74, 6) is 0.868. The zero-order valence-electron chi connectivity index (χ0n) is 11.5. The molecule has 0 saturated carbocycles. The van der Waals surface area contributed by atoms with E-state index >= 15 is 0 Å². The maximum absolute atomic E-state index is 12.1. The number of hydrogen-bond donors (Lipinski definition) is 0. The molecule has 0 radical (unpaired) electrons. The highest BCUT2D eigenvalue weighted by Crippen LogP contribution is 2.36. The van der Waals surface area contributed by atoms with E-state index in [1.807, 2.05) is 6.07 Å². The van der Waals surface area contributed by atoms with Crippen LogP contribution in [0.5, 0.6) is 0 Å². The van der Waals surface area contributed by atoms with Gasteiger partial charge in [-0.05, 0) is 32.8 Å². The van der Waals surface area contributed by atoms with Crippen LogP contribution in [0.3, 0.4) is 0 Å². The molecule has 0 spiro atoms. The van der Waals surface area contributed by atoms with E-state index in [0.29, 0.717) is 17.3 Å². The number of amides is 1. The van der Waals surface area contributed by atoms with Gasteiger partial charge in [-0.1, -0.05) is 11.6 Å². The van der Waals surface area contributed by atoms with Crippen LogP contribution in [-0.4, -0.2) is 34.9 Å². The van der Waals surface area contributed by atoms with Crippen molar-refractivity contribution < 1.29 is 4.79 Å². The van der Waals surface area contributed by atoms with E-state index < -0.39 is 0 Å². The second-order valence-corrected chi connectivity index (χ2v) is 6.38. The third-order valence-electron chi connectivity index (χ3n) is 4.21. The molecule has 0 atom stereocenters. The maximum atomic E-state index is 12.1. The van der Waals surface area contributed by atoms with Crippen molar-refractivity contribution in [3.05, 3.63) is 22.3 Å². The molecule has 19 heavy (non-hydrogen) atoms. The molecule has 1 aromatic heterocycles. The Labute approximate surface area is 118 Å². The van der Waals surface area contributed by atoms with E-state index in [1.165, 1.54) is 0 Å². The summed E-state index contributed by atoms with van der Waals surface area (Å²) < 4.78 is 0. The molecule has 0 bridgehead atoms. The second-order valence-electron chi connectivity index (χ2n) is 6.03. The fraction of sp³-hybridized carbons (Fsp3) is 0.571. The van der Waals surface area contributed by atoms with Crippen molar-refractivity contribution in [2.75, 3.05) is 18.5 Å². The first-order chi connectivity index (χ1) is 8.90. The van der Waals surface area contributed by atoms with Gasteiger partial charge >= 0.3 is 0 Å². The Morgan fingerprint density at radius 2 is 2.16 bits per heavy atom. The van der Waals surface area contributed by atoms with Crippen molar-refractivity contribution in [2.24, 2.45) is 0 Å². The Bertz CT molecular complexity index is 556. The van der Waals surface area contributed by atoms with E-state index in [1.54, 1.807) is 11.9 Å². The lowest BCUT2D eigenvalue weighted by atomic mass is 10.0. The molecule has 0 unspecified atom stereocenters. The van der Waals surface area contributed by atoms with Crippen molar-refractivity contribution in [1.82, 2.24) is 9.88 Å². The summed E-state index contributed by atoms with van der Waals surface area (Å²) in [5, 5.41) is 0.466. The van der Waals surface area contributed by atoms with Gasteiger partial charge in [-0.15, -0.1) is 0 Å². The van der Waals surface area contributed by atoms with Crippen LogP contribution in [0.1, 0.15) is 42.6 Å². The zero-order valence-corrected chi connectivity index (χ0v) is 12.3. The number of nitrogens with zero attached hydrogens (tertiary/aromatic N) is 3. The first kappa shape index (κ1) is 12.7. The number of rotatable bonds is 1. The van der Waals surface area contributed by atoms with Crippen LogP contribution >= 0.6 is 11.6 Å². The SMILES string of the molecule is CN1Cc2c(cc(N3CCCC3(C)C)nc2Cl)C1=O. The van der Waals surface area contributed by atoms with Crippen molar-refractivity contribution >= 4 is 23.3 Å². The number of hydrogen-bond acceptors (Lipinski definition) is 3. The molecule has 5 heteroatoms. The summed E-state index contributed by atoms with van der Waals surface area (Å²) in [7, 11) is 1.79. The zero-order chi connectivity index (χ0) is 13.8. The molecule has 3 rings (SSSR count). The summed E-state index contributed by atoms with van der Waals surface area (Å²) in [6.45, 7) is 5.94. The van der Waals surface area contributed by atoms with Gasteiger partial charge in [-0.25, -0.2) is 4.98 Å². The fourth-order valence-corrected chi connectivity index (χ4v) is 3.30. The topological polar surface area (TPSA) is 36.4 Å². The molecule has 1 amide bonds. The highest BCUT2D eigenvalue weighted by atomic mass is 35.5. The first-order valence-corrected chi connectivity index (χ1v) is 7.00. The Kier molecular flexibility index (Phi) is 2.75. The molecule has 4 nitrogen and oxygen atoms in total. The number of pyridine rings is 1. The van der Waals surface area contributed by atoms with E-state index in [9.17, 15) is 4.79 Å². The van der Waals surface area contributed by atoms with Gasteiger partial charge in [0.25, 0.3) is 5.91 Å². The van der Waals surface area contributed by atoms with Crippen LogP contribution < -0.4 is 4.90 Å². The van der Waals surface area contributed by atoms with E-state index in [0.717, 1.165) is 30.8 Å². The smallest absolute Gasteiger partial charge is 0.254 e. The van der Waals surface area contributed by atoms with Crippen LogP contribution in [0, 0.1) is 0 Å². The normalized spacial score (nSPS) is 21.2. The molecule has 2 aliphatic rings. The summed E-state index contributed by atoms with van der Waals surface area (Å²) in [6, 6.07) is 1.90. The number of carbonyl (C=O) groups is 1. The van der Waals surface area contributed by atoms with E-state index in [4.69, 9.17) is 11.6 Å². The molecule has 1 aromatic rings. The van der Waals surface area contributed by atoms with Crippen molar-refractivity contribution in [1.29, 1.82) is 0 Å². The maximum Gasteiger partial charge on any atom is 0.254 e. The summed E-state index contributed by atoms with van der Waals surface area (Å²) in [4.78, 5) is 20.5. The first-order valence-electron chi connectivity index (χ1n) is 6.63. The molecular weight excluding hydrogens is 262 g/mol. The third-order valence-corrected chi connectivity index (χ3v) is 4.52. The number of carbonyl (C=O) groups excluding carboxylic acids is 1. The van der Waals surface area contributed by atoms with Gasteiger partial charge in [-0.2, -0.15) is 0 Å². The van der Waals surface area contributed by atoms with Gasteiger partial charge in [0.1, 0.15) is 11.0 Å². The molecule has 3 heterocycles. The molecular formula is C14H18ClN3O. The number of fused-ring (bicyclic) bond motifs is 1. The lowest BCUT2D eigenvalue weighted by molar-refractivity contribution is 0.0816. The number of aromatic nitrogens is 1. The van der Waals surface area contributed by atoms with Gasteiger partial charge in [0.05, 0.1) is 5.56 Å². The second kappa shape index (κ2) is 4.10.